The monoisotopic (exact) mass is 231 g/mol. The molecule has 0 amide bonds. The van der Waals surface area contributed by atoms with Crippen molar-refractivity contribution in [1.82, 2.24) is 0 Å². The van der Waals surface area contributed by atoms with Crippen molar-refractivity contribution in [2.45, 2.75) is 51.9 Å². The molecule has 1 atom stereocenters. The smallest absolute Gasteiger partial charge is 0.136 e. The second-order valence-electron chi connectivity index (χ2n) is 4.61. The van der Waals surface area contributed by atoms with Crippen LogP contribution in [0.5, 0.6) is 5.75 Å². The van der Waals surface area contributed by atoms with Gasteiger partial charge in [0.15, 0.2) is 0 Å². The largest absolute Gasteiger partial charge is 0.506 e. The number of nitrogens with zero attached hydrogens (tertiary/aromatic N) is 1. The van der Waals surface area contributed by atoms with Crippen molar-refractivity contribution < 1.29 is 5.11 Å². The second-order valence-corrected chi connectivity index (χ2v) is 4.61. The molecule has 0 aliphatic rings. The molecule has 1 aromatic carbocycles. The zero-order valence-electron chi connectivity index (χ0n) is 10.7. The van der Waals surface area contributed by atoms with Crippen LogP contribution >= 0.6 is 0 Å². The van der Waals surface area contributed by atoms with Crippen LogP contribution in [0.1, 0.15) is 63.0 Å². The lowest BCUT2D eigenvalue weighted by Gasteiger charge is -2.13. The van der Waals surface area contributed by atoms with E-state index in [1.807, 2.05) is 18.2 Å². The summed E-state index contributed by atoms with van der Waals surface area (Å²) >= 11 is 0. The topological polar surface area (TPSA) is 44.0 Å². The van der Waals surface area contributed by atoms with Gasteiger partial charge in [0.05, 0.1) is 5.56 Å². The molecule has 0 bridgehead atoms. The summed E-state index contributed by atoms with van der Waals surface area (Å²) in [5, 5.41) is 18.8. The molecule has 0 fully saturated rings. The molecular weight excluding hydrogens is 210 g/mol. The molecule has 0 saturated carbocycles. The number of hydrogen-bond acceptors (Lipinski definition) is 2. The van der Waals surface area contributed by atoms with E-state index in [-0.39, 0.29) is 5.75 Å². The third-order valence-corrected chi connectivity index (χ3v) is 3.21. The highest BCUT2D eigenvalue weighted by atomic mass is 16.3. The van der Waals surface area contributed by atoms with Crippen molar-refractivity contribution >= 4 is 0 Å². The van der Waals surface area contributed by atoms with Crippen LogP contribution in [0.25, 0.3) is 0 Å². The first-order valence-electron chi connectivity index (χ1n) is 6.42. The Morgan fingerprint density at radius 2 is 2.06 bits per heavy atom. The maximum Gasteiger partial charge on any atom is 0.136 e. The molecule has 0 aliphatic carbocycles. The molecule has 1 N–H and O–H groups in total. The van der Waals surface area contributed by atoms with Crippen molar-refractivity contribution in [1.29, 1.82) is 5.26 Å². The zero-order chi connectivity index (χ0) is 12.7. The van der Waals surface area contributed by atoms with Gasteiger partial charge in [-0.1, -0.05) is 51.7 Å². The molecule has 17 heavy (non-hydrogen) atoms. The Morgan fingerprint density at radius 3 is 2.71 bits per heavy atom. The van der Waals surface area contributed by atoms with E-state index in [4.69, 9.17) is 5.26 Å². The van der Waals surface area contributed by atoms with E-state index >= 15 is 0 Å². The molecule has 0 heterocycles. The molecule has 0 aliphatic heterocycles. The summed E-state index contributed by atoms with van der Waals surface area (Å²) < 4.78 is 0. The quantitative estimate of drug-likeness (QED) is 0.740. The first-order chi connectivity index (χ1) is 8.20. The lowest BCUT2D eigenvalue weighted by molar-refractivity contribution is 0.456. The van der Waals surface area contributed by atoms with Gasteiger partial charge in [0.2, 0.25) is 0 Å². The van der Waals surface area contributed by atoms with Gasteiger partial charge in [-0.2, -0.15) is 5.26 Å². The average Bonchev–Trinajstić information content (AvgIpc) is 2.34. The summed E-state index contributed by atoms with van der Waals surface area (Å²) in [7, 11) is 0. The Labute approximate surface area is 104 Å². The summed E-state index contributed by atoms with van der Waals surface area (Å²) in [5.41, 5.74) is 1.28. The molecule has 1 unspecified atom stereocenters. The molecular formula is C15H21NO. The molecule has 0 radical (unpaired) electrons. The van der Waals surface area contributed by atoms with Crippen LogP contribution in [0, 0.1) is 11.3 Å². The van der Waals surface area contributed by atoms with Crippen LogP contribution in [-0.4, -0.2) is 5.11 Å². The van der Waals surface area contributed by atoms with Gasteiger partial charge in [0, 0.05) is 0 Å². The van der Waals surface area contributed by atoms with Crippen molar-refractivity contribution in [2.75, 3.05) is 0 Å². The maximum absolute atomic E-state index is 9.94. The Bertz CT molecular complexity index is 392. The highest BCUT2D eigenvalue weighted by molar-refractivity contribution is 5.48. The van der Waals surface area contributed by atoms with Gasteiger partial charge in [0.1, 0.15) is 11.8 Å². The van der Waals surface area contributed by atoms with Gasteiger partial charge in [0.25, 0.3) is 0 Å². The van der Waals surface area contributed by atoms with Crippen LogP contribution in [0.4, 0.5) is 0 Å². The molecule has 0 aromatic heterocycles. The van der Waals surface area contributed by atoms with Crippen LogP contribution in [-0.2, 0) is 0 Å². The van der Waals surface area contributed by atoms with Crippen molar-refractivity contribution in [3.05, 3.63) is 29.3 Å². The Morgan fingerprint density at radius 1 is 1.29 bits per heavy atom. The second kappa shape index (κ2) is 6.96. The number of hydrogen-bond donors (Lipinski definition) is 1. The number of phenols is 1. The minimum Gasteiger partial charge on any atom is -0.506 e. The van der Waals surface area contributed by atoms with Crippen LogP contribution in [0.2, 0.25) is 0 Å². The minimum atomic E-state index is 0.165. The standard InChI is InChI=1S/C15H21NO/c1-3-4-5-6-8-12(2)14-10-7-9-13(11-16)15(14)17/h7,9-10,12,17H,3-6,8H2,1-2H3. The SMILES string of the molecule is CCCCCCC(C)c1cccc(C#N)c1O. The summed E-state index contributed by atoms with van der Waals surface area (Å²) in [6.45, 7) is 4.31. The summed E-state index contributed by atoms with van der Waals surface area (Å²) in [6.07, 6.45) is 6.02. The highest BCUT2D eigenvalue weighted by Crippen LogP contribution is 2.31. The number of benzene rings is 1. The molecule has 0 spiro atoms. The number of aromatic hydroxyl groups is 1. The molecule has 1 rings (SSSR count). The van der Waals surface area contributed by atoms with E-state index in [2.05, 4.69) is 13.8 Å². The Balaban J connectivity index is 2.63. The summed E-state index contributed by atoms with van der Waals surface area (Å²) in [4.78, 5) is 0. The first-order valence-corrected chi connectivity index (χ1v) is 6.42. The minimum absolute atomic E-state index is 0.165. The van der Waals surface area contributed by atoms with E-state index < -0.39 is 0 Å². The van der Waals surface area contributed by atoms with E-state index in [1.165, 1.54) is 25.7 Å². The van der Waals surface area contributed by atoms with Gasteiger partial charge < -0.3 is 5.11 Å². The number of phenolic OH excluding ortho intramolecular Hbond substituents is 1. The fourth-order valence-electron chi connectivity index (χ4n) is 2.08. The predicted octanol–water partition coefficient (Wildman–Crippen LogP) is 4.34. The van der Waals surface area contributed by atoms with Crippen LogP contribution < -0.4 is 0 Å². The zero-order valence-corrected chi connectivity index (χ0v) is 10.7. The normalized spacial score (nSPS) is 12.1. The number of unbranched alkanes of at least 4 members (excludes halogenated alkanes) is 3. The Hall–Kier alpha value is -1.49. The first kappa shape index (κ1) is 13.6. The van der Waals surface area contributed by atoms with E-state index in [0.717, 1.165) is 12.0 Å². The fourth-order valence-corrected chi connectivity index (χ4v) is 2.08. The summed E-state index contributed by atoms with van der Waals surface area (Å²) in [5.74, 6) is 0.484. The van der Waals surface area contributed by atoms with Crippen LogP contribution in [0.3, 0.4) is 0 Å². The summed E-state index contributed by atoms with van der Waals surface area (Å²) in [6, 6.07) is 7.43. The fraction of sp³-hybridized carbons (Fsp3) is 0.533. The van der Waals surface area contributed by atoms with Gasteiger partial charge in [-0.05, 0) is 24.0 Å². The molecule has 0 saturated heterocycles. The molecule has 2 heteroatoms. The van der Waals surface area contributed by atoms with Crippen molar-refractivity contribution in [3.8, 4) is 11.8 Å². The maximum atomic E-state index is 9.94. The molecule has 92 valence electrons. The van der Waals surface area contributed by atoms with Gasteiger partial charge >= 0.3 is 0 Å². The van der Waals surface area contributed by atoms with Crippen molar-refractivity contribution in [3.63, 3.8) is 0 Å². The predicted molar refractivity (Wildman–Crippen MR) is 70.0 cm³/mol. The van der Waals surface area contributed by atoms with E-state index in [1.54, 1.807) is 6.07 Å². The lowest BCUT2D eigenvalue weighted by Crippen LogP contribution is -1.95. The van der Waals surface area contributed by atoms with Gasteiger partial charge in [-0.25, -0.2) is 0 Å². The van der Waals surface area contributed by atoms with Gasteiger partial charge in [-0.3, -0.25) is 0 Å². The lowest BCUT2D eigenvalue weighted by atomic mass is 9.93. The molecule has 2 nitrogen and oxygen atoms in total. The number of nitriles is 1. The molecule has 1 aromatic rings. The average molecular weight is 231 g/mol. The number of rotatable bonds is 6. The highest BCUT2D eigenvalue weighted by Gasteiger charge is 2.12. The third-order valence-electron chi connectivity index (χ3n) is 3.21. The Kier molecular flexibility index (Phi) is 5.56. The third kappa shape index (κ3) is 3.78. The van der Waals surface area contributed by atoms with Gasteiger partial charge in [-0.15, -0.1) is 0 Å². The van der Waals surface area contributed by atoms with E-state index in [9.17, 15) is 5.11 Å². The number of para-hydroxylation sites is 1. The van der Waals surface area contributed by atoms with Crippen molar-refractivity contribution in [2.24, 2.45) is 0 Å². The van der Waals surface area contributed by atoms with E-state index in [0.29, 0.717) is 11.5 Å². The van der Waals surface area contributed by atoms with Crippen LogP contribution in [0.15, 0.2) is 18.2 Å².